The third-order valence-electron chi connectivity index (χ3n) is 3.16. The second-order valence-corrected chi connectivity index (χ2v) is 5.11. The van der Waals surface area contributed by atoms with E-state index < -0.39 is 0 Å². The molecule has 136 valence electrons. The molecule has 5 nitrogen and oxygen atoms in total. The van der Waals surface area contributed by atoms with Crippen molar-refractivity contribution in [2.24, 2.45) is 4.99 Å². The monoisotopic (exact) mass is 451 g/mol. The maximum Gasteiger partial charge on any atom is 0.305 e. The molecule has 0 saturated carbocycles. The fraction of sp³-hybridized carbons (Fsp3) is 0.529. The molecule has 0 spiro atoms. The molecule has 0 amide bonds. The fourth-order valence-corrected chi connectivity index (χ4v) is 1.92. The minimum absolute atomic E-state index is 0. The average molecular weight is 451 g/mol. The van der Waals surface area contributed by atoms with Crippen molar-refractivity contribution in [3.8, 4) is 0 Å². The fourth-order valence-electron chi connectivity index (χ4n) is 1.92. The summed E-state index contributed by atoms with van der Waals surface area (Å²) in [5.74, 6) is 0.244. The molecule has 24 heavy (non-hydrogen) atoms. The Hall–Kier alpha value is -1.38. The quantitative estimate of drug-likeness (QED) is 0.210. The molecule has 0 atom stereocenters. The van der Waals surface area contributed by atoms with Gasteiger partial charge in [0.1, 0.15) is 5.82 Å². The minimum atomic E-state index is -0.218. The van der Waals surface area contributed by atoms with Gasteiger partial charge in [-0.1, -0.05) is 12.1 Å². The Bertz CT molecular complexity index is 539. The van der Waals surface area contributed by atoms with E-state index in [0.29, 0.717) is 44.1 Å². The van der Waals surface area contributed by atoms with Crippen LogP contribution < -0.4 is 10.6 Å². The van der Waals surface area contributed by atoms with Crippen LogP contribution in [0.5, 0.6) is 0 Å². The van der Waals surface area contributed by atoms with Crippen LogP contribution in [0.25, 0.3) is 0 Å². The number of hydrogen-bond acceptors (Lipinski definition) is 3. The predicted octanol–water partition coefficient (Wildman–Crippen LogP) is 3.15. The van der Waals surface area contributed by atoms with Gasteiger partial charge in [-0.05, 0) is 44.4 Å². The number of halogens is 2. The summed E-state index contributed by atoms with van der Waals surface area (Å²) in [6.07, 6.45) is 1.05. The van der Waals surface area contributed by atoms with Gasteiger partial charge < -0.3 is 15.4 Å². The van der Waals surface area contributed by atoms with Crippen LogP contribution in [0.2, 0.25) is 0 Å². The highest BCUT2D eigenvalue weighted by molar-refractivity contribution is 14.0. The summed E-state index contributed by atoms with van der Waals surface area (Å²) < 4.78 is 18.4. The first-order valence-electron chi connectivity index (χ1n) is 7.99. The molecule has 0 saturated heterocycles. The maximum atomic E-state index is 13.5. The molecule has 0 heterocycles. The Balaban J connectivity index is 0.00000529. The van der Waals surface area contributed by atoms with Crippen molar-refractivity contribution >= 4 is 35.9 Å². The third kappa shape index (κ3) is 9.05. The van der Waals surface area contributed by atoms with E-state index in [-0.39, 0.29) is 35.8 Å². The number of esters is 1. The number of nitrogens with one attached hydrogen (secondary N) is 2. The lowest BCUT2D eigenvalue weighted by Gasteiger charge is -2.11. The zero-order valence-electron chi connectivity index (χ0n) is 14.5. The Kier molecular flexibility index (Phi) is 12.2. The topological polar surface area (TPSA) is 62.7 Å². The molecule has 0 aliphatic carbocycles. The molecule has 0 fully saturated rings. The first-order valence-corrected chi connectivity index (χ1v) is 7.99. The molecule has 0 radical (unpaired) electrons. The molecule has 0 aromatic heterocycles. The number of benzene rings is 1. The number of carbonyl (C=O) groups excluding carboxylic acids is 1. The Morgan fingerprint density at radius 2 is 2.04 bits per heavy atom. The van der Waals surface area contributed by atoms with Crippen LogP contribution in [0.1, 0.15) is 37.8 Å². The number of rotatable bonds is 8. The summed E-state index contributed by atoms with van der Waals surface area (Å²) in [5.41, 5.74) is 1.44. The van der Waals surface area contributed by atoms with Gasteiger partial charge in [0.05, 0.1) is 13.2 Å². The van der Waals surface area contributed by atoms with Gasteiger partial charge in [0.15, 0.2) is 5.96 Å². The summed E-state index contributed by atoms with van der Waals surface area (Å²) in [5, 5.41) is 6.27. The van der Waals surface area contributed by atoms with E-state index in [2.05, 4.69) is 15.6 Å². The zero-order chi connectivity index (χ0) is 17.1. The van der Waals surface area contributed by atoms with Crippen LogP contribution in [0, 0.1) is 12.7 Å². The number of hydrogen-bond donors (Lipinski definition) is 2. The van der Waals surface area contributed by atoms with Crippen molar-refractivity contribution in [1.29, 1.82) is 0 Å². The number of carbonyl (C=O) groups is 1. The van der Waals surface area contributed by atoms with E-state index >= 15 is 0 Å². The van der Waals surface area contributed by atoms with Crippen LogP contribution in [0.3, 0.4) is 0 Å². The summed E-state index contributed by atoms with van der Waals surface area (Å²) in [7, 11) is 0. The van der Waals surface area contributed by atoms with Crippen molar-refractivity contribution in [3.63, 3.8) is 0 Å². The largest absolute Gasteiger partial charge is 0.466 e. The number of aryl methyl sites for hydroxylation is 1. The zero-order valence-corrected chi connectivity index (χ0v) is 16.9. The SMILES string of the molecule is CCNC(=NCc1ccc(C)c(F)c1)NCCCC(=O)OCC.I. The van der Waals surface area contributed by atoms with Gasteiger partial charge in [-0.15, -0.1) is 24.0 Å². The van der Waals surface area contributed by atoms with Crippen molar-refractivity contribution in [2.75, 3.05) is 19.7 Å². The maximum absolute atomic E-state index is 13.5. The van der Waals surface area contributed by atoms with Gasteiger partial charge in [-0.3, -0.25) is 4.79 Å². The Morgan fingerprint density at radius 1 is 1.29 bits per heavy atom. The van der Waals surface area contributed by atoms with Crippen molar-refractivity contribution in [3.05, 3.63) is 35.1 Å². The van der Waals surface area contributed by atoms with E-state index in [1.807, 2.05) is 13.0 Å². The van der Waals surface area contributed by atoms with Gasteiger partial charge in [0.2, 0.25) is 0 Å². The Labute approximate surface area is 160 Å². The highest BCUT2D eigenvalue weighted by Gasteiger charge is 2.03. The molecule has 1 aromatic rings. The van der Waals surface area contributed by atoms with Gasteiger partial charge in [-0.2, -0.15) is 0 Å². The molecule has 1 rings (SSSR count). The Morgan fingerprint density at radius 3 is 2.67 bits per heavy atom. The van der Waals surface area contributed by atoms with E-state index in [0.717, 1.165) is 12.1 Å². The number of nitrogens with zero attached hydrogens (tertiary/aromatic N) is 1. The summed E-state index contributed by atoms with van der Waals surface area (Å²) >= 11 is 0. The van der Waals surface area contributed by atoms with Crippen LogP contribution >= 0.6 is 24.0 Å². The third-order valence-corrected chi connectivity index (χ3v) is 3.16. The minimum Gasteiger partial charge on any atom is -0.466 e. The van der Waals surface area contributed by atoms with Gasteiger partial charge in [-0.25, -0.2) is 9.38 Å². The number of ether oxygens (including phenoxy) is 1. The lowest BCUT2D eigenvalue weighted by atomic mass is 10.1. The highest BCUT2D eigenvalue weighted by atomic mass is 127. The molecule has 0 aliphatic rings. The van der Waals surface area contributed by atoms with Crippen LogP contribution in [0.15, 0.2) is 23.2 Å². The normalized spacial score (nSPS) is 10.8. The molecule has 1 aromatic carbocycles. The first-order chi connectivity index (χ1) is 11.1. The van der Waals surface area contributed by atoms with Crippen molar-refractivity contribution in [1.82, 2.24) is 10.6 Å². The first kappa shape index (κ1) is 22.6. The van der Waals surface area contributed by atoms with E-state index in [1.54, 1.807) is 19.9 Å². The summed E-state index contributed by atoms with van der Waals surface area (Å²) in [6, 6.07) is 5.12. The summed E-state index contributed by atoms with van der Waals surface area (Å²) in [6.45, 7) is 7.64. The average Bonchev–Trinajstić information content (AvgIpc) is 2.52. The lowest BCUT2D eigenvalue weighted by molar-refractivity contribution is -0.143. The van der Waals surface area contributed by atoms with Gasteiger partial charge >= 0.3 is 5.97 Å². The molecule has 2 N–H and O–H groups in total. The molecule has 0 unspecified atom stereocenters. The predicted molar refractivity (Wildman–Crippen MR) is 105 cm³/mol. The van der Waals surface area contributed by atoms with Crippen molar-refractivity contribution < 1.29 is 13.9 Å². The van der Waals surface area contributed by atoms with E-state index in [9.17, 15) is 9.18 Å². The lowest BCUT2D eigenvalue weighted by Crippen LogP contribution is -2.37. The molecule has 0 aliphatic heterocycles. The van der Waals surface area contributed by atoms with Crippen LogP contribution in [-0.2, 0) is 16.1 Å². The molecular formula is C17H27FIN3O2. The number of aliphatic imine (C=N–C) groups is 1. The second kappa shape index (κ2) is 13.0. The summed E-state index contributed by atoms with van der Waals surface area (Å²) in [4.78, 5) is 15.7. The number of guanidine groups is 1. The van der Waals surface area contributed by atoms with Crippen LogP contribution in [-0.4, -0.2) is 31.6 Å². The smallest absolute Gasteiger partial charge is 0.305 e. The highest BCUT2D eigenvalue weighted by Crippen LogP contribution is 2.09. The second-order valence-electron chi connectivity index (χ2n) is 5.11. The van der Waals surface area contributed by atoms with E-state index in [4.69, 9.17) is 4.74 Å². The van der Waals surface area contributed by atoms with Crippen molar-refractivity contribution in [2.45, 2.75) is 40.2 Å². The van der Waals surface area contributed by atoms with Gasteiger partial charge in [0, 0.05) is 19.5 Å². The molecule has 0 bridgehead atoms. The molecule has 7 heteroatoms. The molecular weight excluding hydrogens is 424 g/mol. The van der Waals surface area contributed by atoms with Gasteiger partial charge in [0.25, 0.3) is 0 Å². The standard InChI is InChI=1S/C17H26FN3O2.HI/c1-4-19-17(20-10-6-7-16(22)23-5-2)21-12-14-9-8-13(3)15(18)11-14;/h8-9,11H,4-7,10,12H2,1-3H3,(H2,19,20,21);1H. The van der Waals surface area contributed by atoms with E-state index in [1.165, 1.54) is 6.07 Å². The van der Waals surface area contributed by atoms with Crippen LogP contribution in [0.4, 0.5) is 4.39 Å².